The van der Waals surface area contributed by atoms with E-state index in [0.29, 0.717) is 6.42 Å². The van der Waals surface area contributed by atoms with Crippen LogP contribution < -0.4 is 10.2 Å². The van der Waals surface area contributed by atoms with Gasteiger partial charge in [-0.25, -0.2) is 9.78 Å². The van der Waals surface area contributed by atoms with Gasteiger partial charge in [0.2, 0.25) is 0 Å². The summed E-state index contributed by atoms with van der Waals surface area (Å²) < 4.78 is 6.75. The monoisotopic (exact) mass is 275 g/mol. The molecule has 0 radical (unpaired) electrons. The second-order valence-corrected chi connectivity index (χ2v) is 4.43. The summed E-state index contributed by atoms with van der Waals surface area (Å²) in [5.74, 6) is 0.645. The zero-order chi connectivity index (χ0) is 14.5. The number of methoxy groups -OCH3 is 1. The highest BCUT2D eigenvalue weighted by Crippen LogP contribution is 2.14. The first kappa shape index (κ1) is 13.9. The molecule has 0 bridgehead atoms. The highest BCUT2D eigenvalue weighted by Gasteiger charge is 2.12. The molecule has 0 aliphatic carbocycles. The van der Waals surface area contributed by atoms with Gasteiger partial charge in [0.1, 0.15) is 17.6 Å². The first-order chi connectivity index (χ1) is 9.60. The molecule has 1 aromatic heterocycles. The second kappa shape index (κ2) is 6.10. The number of hydrogen-bond donors (Lipinski definition) is 2. The van der Waals surface area contributed by atoms with Crippen molar-refractivity contribution in [1.82, 2.24) is 9.66 Å². The van der Waals surface area contributed by atoms with E-state index in [0.717, 1.165) is 17.1 Å². The van der Waals surface area contributed by atoms with Crippen molar-refractivity contribution in [2.75, 3.05) is 12.5 Å². The summed E-state index contributed by atoms with van der Waals surface area (Å²) in [5, 5.41) is 8.91. The topological polar surface area (TPSA) is 76.4 Å². The molecule has 0 aliphatic heterocycles. The Balaban J connectivity index is 2.09. The third-order valence-corrected chi connectivity index (χ3v) is 2.94. The van der Waals surface area contributed by atoms with E-state index in [4.69, 9.17) is 9.84 Å². The van der Waals surface area contributed by atoms with Crippen molar-refractivity contribution in [2.24, 2.45) is 0 Å². The quantitative estimate of drug-likeness (QED) is 0.835. The van der Waals surface area contributed by atoms with E-state index in [1.807, 2.05) is 24.3 Å². The lowest BCUT2D eigenvalue weighted by Gasteiger charge is -2.14. The molecule has 0 fully saturated rings. The molecule has 20 heavy (non-hydrogen) atoms. The lowest BCUT2D eigenvalue weighted by molar-refractivity contribution is -0.137. The Hall–Kier alpha value is -2.50. The summed E-state index contributed by atoms with van der Waals surface area (Å²) in [5.41, 5.74) is 3.93. The Morgan fingerprint density at radius 3 is 2.75 bits per heavy atom. The summed E-state index contributed by atoms with van der Waals surface area (Å²) >= 11 is 0. The van der Waals surface area contributed by atoms with Crippen LogP contribution in [0.3, 0.4) is 0 Å². The van der Waals surface area contributed by atoms with Gasteiger partial charge in [-0.3, -0.25) is 4.68 Å². The molecule has 0 amide bonds. The van der Waals surface area contributed by atoms with Crippen LogP contribution in [0.15, 0.2) is 36.7 Å². The number of hydrogen-bond acceptors (Lipinski definition) is 4. The molecule has 0 aliphatic rings. The van der Waals surface area contributed by atoms with Gasteiger partial charge in [-0.2, -0.15) is 0 Å². The predicted molar refractivity (Wildman–Crippen MR) is 74.5 cm³/mol. The van der Waals surface area contributed by atoms with Crippen LogP contribution in [0.4, 0.5) is 0 Å². The summed E-state index contributed by atoms with van der Waals surface area (Å²) in [4.78, 5) is 15.1. The van der Waals surface area contributed by atoms with Crippen LogP contribution in [0, 0.1) is 0 Å². The van der Waals surface area contributed by atoms with E-state index in [1.165, 1.54) is 0 Å². The molecule has 0 saturated heterocycles. The van der Waals surface area contributed by atoms with Crippen LogP contribution >= 0.6 is 0 Å². The third-order valence-electron chi connectivity index (χ3n) is 2.94. The summed E-state index contributed by atoms with van der Waals surface area (Å²) in [7, 11) is 1.62. The standard InChI is InChI=1S/C14H17N3O3/c1-10(14(18)19)16-17-8-7-15-13(17)9-11-3-5-12(20-2)6-4-11/h3-8,10,16H,9H2,1-2H3,(H,18,19). The van der Waals surface area contributed by atoms with Crippen LogP contribution in [0.5, 0.6) is 5.75 Å². The number of rotatable bonds is 6. The highest BCUT2D eigenvalue weighted by molar-refractivity contribution is 5.74. The molecule has 1 unspecified atom stereocenters. The zero-order valence-corrected chi connectivity index (χ0v) is 11.4. The molecular weight excluding hydrogens is 258 g/mol. The Labute approximate surface area is 117 Å². The SMILES string of the molecule is COc1ccc(Cc2nccn2NC(C)C(=O)O)cc1. The van der Waals surface area contributed by atoms with Gasteiger partial charge in [-0.1, -0.05) is 12.1 Å². The van der Waals surface area contributed by atoms with Gasteiger partial charge < -0.3 is 15.3 Å². The van der Waals surface area contributed by atoms with Gasteiger partial charge in [-0.05, 0) is 24.6 Å². The van der Waals surface area contributed by atoms with Gasteiger partial charge in [0.15, 0.2) is 0 Å². The molecule has 106 valence electrons. The number of aromatic nitrogens is 2. The minimum atomic E-state index is -0.908. The molecule has 1 heterocycles. The van der Waals surface area contributed by atoms with Gasteiger partial charge in [-0.15, -0.1) is 0 Å². The van der Waals surface area contributed by atoms with Crippen LogP contribution in [0.2, 0.25) is 0 Å². The number of ether oxygens (including phenoxy) is 1. The number of carboxylic acid groups (broad SMARTS) is 1. The molecule has 6 nitrogen and oxygen atoms in total. The van der Waals surface area contributed by atoms with Crippen molar-refractivity contribution in [2.45, 2.75) is 19.4 Å². The average molecular weight is 275 g/mol. The Bertz CT molecular complexity index is 578. The first-order valence-electron chi connectivity index (χ1n) is 6.24. The van der Waals surface area contributed by atoms with Gasteiger partial charge in [0, 0.05) is 18.8 Å². The maximum Gasteiger partial charge on any atom is 0.327 e. The second-order valence-electron chi connectivity index (χ2n) is 4.43. The van der Waals surface area contributed by atoms with E-state index < -0.39 is 12.0 Å². The fraction of sp³-hybridized carbons (Fsp3) is 0.286. The first-order valence-corrected chi connectivity index (χ1v) is 6.24. The van der Waals surface area contributed by atoms with Gasteiger partial charge in [0.05, 0.1) is 7.11 Å². The van der Waals surface area contributed by atoms with Crippen LogP contribution in [-0.4, -0.2) is 33.9 Å². The minimum Gasteiger partial charge on any atom is -0.497 e. The Morgan fingerprint density at radius 2 is 2.15 bits per heavy atom. The van der Waals surface area contributed by atoms with E-state index in [2.05, 4.69) is 10.4 Å². The van der Waals surface area contributed by atoms with Crippen molar-refractivity contribution in [3.63, 3.8) is 0 Å². The smallest absolute Gasteiger partial charge is 0.327 e. The molecule has 6 heteroatoms. The Kier molecular flexibility index (Phi) is 4.24. The van der Waals surface area contributed by atoms with Gasteiger partial charge in [0.25, 0.3) is 0 Å². The van der Waals surface area contributed by atoms with Crippen molar-refractivity contribution < 1.29 is 14.6 Å². The van der Waals surface area contributed by atoms with Gasteiger partial charge >= 0.3 is 5.97 Å². The van der Waals surface area contributed by atoms with Crippen LogP contribution in [0.1, 0.15) is 18.3 Å². The lowest BCUT2D eigenvalue weighted by atomic mass is 10.1. The number of imidazole rings is 1. The average Bonchev–Trinajstić information content (AvgIpc) is 2.86. The normalized spacial score (nSPS) is 11.9. The van der Waals surface area contributed by atoms with E-state index in [1.54, 1.807) is 31.1 Å². The summed E-state index contributed by atoms with van der Waals surface area (Å²) in [6.07, 6.45) is 3.95. The number of carboxylic acids is 1. The fourth-order valence-electron chi connectivity index (χ4n) is 1.77. The molecule has 2 aromatic rings. The molecule has 0 saturated carbocycles. The Morgan fingerprint density at radius 1 is 1.45 bits per heavy atom. The summed E-state index contributed by atoms with van der Waals surface area (Å²) in [6.45, 7) is 1.58. The van der Waals surface area contributed by atoms with E-state index in [-0.39, 0.29) is 0 Å². The van der Waals surface area contributed by atoms with Crippen molar-refractivity contribution in [3.8, 4) is 5.75 Å². The molecule has 2 rings (SSSR count). The number of aliphatic carboxylic acids is 1. The third kappa shape index (κ3) is 3.28. The minimum absolute atomic E-state index is 0.607. The molecule has 1 atom stereocenters. The van der Waals surface area contributed by atoms with Crippen molar-refractivity contribution >= 4 is 5.97 Å². The van der Waals surface area contributed by atoms with Crippen LogP contribution in [-0.2, 0) is 11.2 Å². The number of nitrogens with one attached hydrogen (secondary N) is 1. The maximum atomic E-state index is 10.9. The molecule has 0 spiro atoms. The fourth-order valence-corrected chi connectivity index (χ4v) is 1.77. The maximum absolute atomic E-state index is 10.9. The number of benzene rings is 1. The predicted octanol–water partition coefficient (Wildman–Crippen LogP) is 1.50. The molecule has 2 N–H and O–H groups in total. The molecule has 1 aromatic carbocycles. The zero-order valence-electron chi connectivity index (χ0n) is 11.4. The van der Waals surface area contributed by atoms with Crippen molar-refractivity contribution in [1.29, 1.82) is 0 Å². The largest absolute Gasteiger partial charge is 0.497 e. The molecular formula is C14H17N3O3. The van der Waals surface area contributed by atoms with E-state index >= 15 is 0 Å². The van der Waals surface area contributed by atoms with E-state index in [9.17, 15) is 4.79 Å². The number of nitrogens with zero attached hydrogens (tertiary/aromatic N) is 2. The van der Waals surface area contributed by atoms with Crippen LogP contribution in [0.25, 0.3) is 0 Å². The number of carbonyl (C=O) groups is 1. The van der Waals surface area contributed by atoms with Crippen molar-refractivity contribution in [3.05, 3.63) is 48.0 Å². The highest BCUT2D eigenvalue weighted by atomic mass is 16.5. The lowest BCUT2D eigenvalue weighted by Crippen LogP contribution is -2.33. The summed E-state index contributed by atoms with van der Waals surface area (Å²) in [6, 6.07) is 7.00.